The van der Waals surface area contributed by atoms with Gasteiger partial charge in [-0.2, -0.15) is 0 Å². The lowest BCUT2D eigenvalue weighted by Gasteiger charge is -2.02. The molecule has 0 bridgehead atoms. The molecule has 1 aromatic heterocycles. The van der Waals surface area contributed by atoms with Gasteiger partial charge in [-0.1, -0.05) is 11.6 Å². The molecular formula is C8H8ClN3O2. The maximum atomic E-state index is 11.1. The molecule has 1 rings (SSSR count). The molecule has 0 aromatic carbocycles. The van der Waals surface area contributed by atoms with Crippen molar-refractivity contribution in [1.29, 1.82) is 0 Å². The number of hydrogen-bond acceptors (Lipinski definition) is 3. The molecule has 5 nitrogen and oxygen atoms in total. The molecule has 0 aliphatic heterocycles. The number of nitrogens with one attached hydrogen (secondary N) is 1. The minimum Gasteiger partial charge on any atom is -0.369 e. The lowest BCUT2D eigenvalue weighted by atomic mass is 10.3. The molecule has 74 valence electrons. The minimum atomic E-state index is -0.678. The summed E-state index contributed by atoms with van der Waals surface area (Å²) in [7, 11) is 0. The Morgan fingerprint density at radius 2 is 2.29 bits per heavy atom. The van der Waals surface area contributed by atoms with Crippen LogP contribution in [0.1, 0.15) is 6.42 Å². The van der Waals surface area contributed by atoms with Crippen LogP contribution in [0.4, 0.5) is 5.69 Å². The number of nitrogens with two attached hydrogens (primary N) is 1. The Morgan fingerprint density at radius 1 is 1.57 bits per heavy atom. The smallest absolute Gasteiger partial charge is 0.233 e. The summed E-state index contributed by atoms with van der Waals surface area (Å²) in [5, 5.41) is 2.72. The highest BCUT2D eigenvalue weighted by atomic mass is 35.5. The average Bonchev–Trinajstić information content (AvgIpc) is 2.01. The molecule has 0 atom stereocenters. The van der Waals surface area contributed by atoms with E-state index >= 15 is 0 Å². The average molecular weight is 214 g/mol. The Bertz CT molecular complexity index is 367. The highest BCUT2D eigenvalue weighted by Gasteiger charge is 2.05. The van der Waals surface area contributed by atoms with Crippen molar-refractivity contribution in [3.8, 4) is 0 Å². The minimum absolute atomic E-state index is 0.266. The summed E-state index contributed by atoms with van der Waals surface area (Å²) in [4.78, 5) is 25.2. The zero-order chi connectivity index (χ0) is 10.6. The molecule has 1 heterocycles. The highest BCUT2D eigenvalue weighted by molar-refractivity contribution is 6.29. The van der Waals surface area contributed by atoms with Crippen molar-refractivity contribution >= 4 is 29.1 Å². The number of hydrogen-bond donors (Lipinski definition) is 2. The van der Waals surface area contributed by atoms with E-state index in [0.29, 0.717) is 5.69 Å². The van der Waals surface area contributed by atoms with Gasteiger partial charge in [0.2, 0.25) is 11.8 Å². The number of nitrogens with zero attached hydrogens (tertiary/aromatic N) is 1. The quantitative estimate of drug-likeness (QED) is 0.568. The number of halogens is 1. The monoisotopic (exact) mass is 213 g/mol. The van der Waals surface area contributed by atoms with Crippen LogP contribution in [0, 0.1) is 0 Å². The Labute approximate surface area is 85.3 Å². The molecular weight excluding hydrogens is 206 g/mol. The maximum Gasteiger partial charge on any atom is 0.233 e. The van der Waals surface area contributed by atoms with Gasteiger partial charge in [-0.25, -0.2) is 4.98 Å². The van der Waals surface area contributed by atoms with Gasteiger partial charge >= 0.3 is 0 Å². The number of carbonyl (C=O) groups excluding carboxylic acids is 2. The molecule has 0 saturated carbocycles. The second-order valence-corrected chi connectivity index (χ2v) is 2.95. The number of anilines is 1. The van der Waals surface area contributed by atoms with Gasteiger partial charge in [0.1, 0.15) is 11.6 Å². The Hall–Kier alpha value is -1.62. The van der Waals surface area contributed by atoms with Gasteiger partial charge < -0.3 is 11.1 Å². The zero-order valence-corrected chi connectivity index (χ0v) is 7.91. The largest absolute Gasteiger partial charge is 0.369 e. The van der Waals surface area contributed by atoms with Crippen molar-refractivity contribution in [2.24, 2.45) is 5.73 Å². The van der Waals surface area contributed by atoms with Gasteiger partial charge in [-0.05, 0) is 12.1 Å². The number of amides is 2. The molecule has 3 N–H and O–H groups in total. The van der Waals surface area contributed by atoms with Crippen LogP contribution in [0.5, 0.6) is 0 Å². The Balaban J connectivity index is 2.60. The van der Waals surface area contributed by atoms with E-state index in [1.165, 1.54) is 12.3 Å². The molecule has 2 amide bonds. The van der Waals surface area contributed by atoms with Gasteiger partial charge in [-0.15, -0.1) is 0 Å². The number of primary amides is 1. The van der Waals surface area contributed by atoms with Crippen LogP contribution in [-0.4, -0.2) is 16.8 Å². The van der Waals surface area contributed by atoms with Crippen molar-refractivity contribution in [2.75, 3.05) is 5.32 Å². The van der Waals surface area contributed by atoms with Gasteiger partial charge in [-0.3, -0.25) is 9.59 Å². The number of pyridine rings is 1. The first kappa shape index (κ1) is 10.5. The molecule has 0 spiro atoms. The van der Waals surface area contributed by atoms with E-state index in [1.54, 1.807) is 6.07 Å². The normalized spacial score (nSPS) is 9.50. The van der Waals surface area contributed by atoms with E-state index in [0.717, 1.165) is 0 Å². The molecule has 14 heavy (non-hydrogen) atoms. The SMILES string of the molecule is NC(=O)CC(=O)Nc1ccnc(Cl)c1. The number of carbonyl (C=O) groups is 2. The fourth-order valence-electron chi connectivity index (χ4n) is 0.844. The lowest BCUT2D eigenvalue weighted by molar-refractivity contribution is -0.124. The van der Waals surface area contributed by atoms with Crippen LogP contribution in [0.15, 0.2) is 18.3 Å². The number of aromatic nitrogens is 1. The first-order valence-electron chi connectivity index (χ1n) is 3.77. The van der Waals surface area contributed by atoms with E-state index in [1.807, 2.05) is 0 Å². The second kappa shape index (κ2) is 4.57. The van der Waals surface area contributed by atoms with E-state index in [9.17, 15) is 9.59 Å². The van der Waals surface area contributed by atoms with Crippen LogP contribution < -0.4 is 11.1 Å². The summed E-state index contributed by atoms with van der Waals surface area (Å²) in [6.07, 6.45) is 1.10. The fraction of sp³-hybridized carbons (Fsp3) is 0.125. The standard InChI is InChI=1S/C8H8ClN3O2/c9-6-3-5(1-2-11-6)12-8(14)4-7(10)13/h1-3H,4H2,(H2,10,13)(H,11,12,14). The summed E-state index contributed by atoms with van der Waals surface area (Å²) in [5.74, 6) is -1.15. The van der Waals surface area contributed by atoms with Crippen LogP contribution >= 0.6 is 11.6 Å². The molecule has 6 heteroatoms. The Morgan fingerprint density at radius 3 is 2.86 bits per heavy atom. The van der Waals surface area contributed by atoms with E-state index in [-0.39, 0.29) is 11.6 Å². The highest BCUT2D eigenvalue weighted by Crippen LogP contribution is 2.11. The van der Waals surface area contributed by atoms with E-state index in [2.05, 4.69) is 10.3 Å². The molecule has 0 radical (unpaired) electrons. The molecule has 0 aliphatic rings. The topological polar surface area (TPSA) is 85.1 Å². The third-order valence-electron chi connectivity index (χ3n) is 1.35. The van der Waals surface area contributed by atoms with Crippen molar-refractivity contribution in [3.63, 3.8) is 0 Å². The van der Waals surface area contributed by atoms with Crippen molar-refractivity contribution in [2.45, 2.75) is 6.42 Å². The summed E-state index contributed by atoms with van der Waals surface area (Å²) in [6, 6.07) is 3.03. The first-order chi connectivity index (χ1) is 6.58. The second-order valence-electron chi connectivity index (χ2n) is 2.56. The summed E-state index contributed by atoms with van der Waals surface area (Å²) in [6.45, 7) is 0. The van der Waals surface area contributed by atoms with Crippen LogP contribution in [0.25, 0.3) is 0 Å². The van der Waals surface area contributed by atoms with E-state index in [4.69, 9.17) is 17.3 Å². The van der Waals surface area contributed by atoms with Crippen molar-refractivity contribution < 1.29 is 9.59 Å². The number of rotatable bonds is 3. The molecule has 1 aromatic rings. The molecule has 0 aliphatic carbocycles. The fourth-order valence-corrected chi connectivity index (χ4v) is 1.02. The first-order valence-corrected chi connectivity index (χ1v) is 4.15. The summed E-state index contributed by atoms with van der Waals surface area (Å²) in [5.41, 5.74) is 5.32. The van der Waals surface area contributed by atoms with Crippen LogP contribution in [-0.2, 0) is 9.59 Å². The van der Waals surface area contributed by atoms with Crippen molar-refractivity contribution in [3.05, 3.63) is 23.5 Å². The van der Waals surface area contributed by atoms with E-state index < -0.39 is 11.8 Å². The predicted octanol–water partition coefficient (Wildman–Crippen LogP) is 0.549. The van der Waals surface area contributed by atoms with Gasteiger partial charge in [0.05, 0.1) is 0 Å². The van der Waals surface area contributed by atoms with Crippen molar-refractivity contribution in [1.82, 2.24) is 4.98 Å². The van der Waals surface area contributed by atoms with Gasteiger partial charge in [0.25, 0.3) is 0 Å². The third-order valence-corrected chi connectivity index (χ3v) is 1.55. The van der Waals surface area contributed by atoms with Gasteiger partial charge in [0, 0.05) is 11.9 Å². The zero-order valence-electron chi connectivity index (χ0n) is 7.16. The predicted molar refractivity (Wildman–Crippen MR) is 51.7 cm³/mol. The Kier molecular flexibility index (Phi) is 3.41. The maximum absolute atomic E-state index is 11.1. The van der Waals surface area contributed by atoms with Gasteiger partial charge in [0.15, 0.2) is 0 Å². The van der Waals surface area contributed by atoms with Crippen LogP contribution in [0.2, 0.25) is 5.15 Å². The molecule has 0 fully saturated rings. The summed E-state index contributed by atoms with van der Waals surface area (Å²) < 4.78 is 0. The molecule has 0 saturated heterocycles. The van der Waals surface area contributed by atoms with Crippen LogP contribution in [0.3, 0.4) is 0 Å². The molecule has 0 unspecified atom stereocenters. The lowest BCUT2D eigenvalue weighted by Crippen LogP contribution is -2.21. The third kappa shape index (κ3) is 3.40. The summed E-state index contributed by atoms with van der Waals surface area (Å²) >= 11 is 5.58.